The zero-order valence-corrected chi connectivity index (χ0v) is 12.7. The normalized spacial score (nSPS) is 12.1. The third-order valence-electron chi connectivity index (χ3n) is 2.64. The molecule has 2 heteroatoms. The van der Waals surface area contributed by atoms with Crippen molar-refractivity contribution in [3.8, 4) is 35.5 Å². The van der Waals surface area contributed by atoms with Crippen LogP contribution in [0.2, 0.25) is 0 Å². The molecule has 0 aliphatic rings. The van der Waals surface area contributed by atoms with Crippen LogP contribution in [0.15, 0.2) is 24.8 Å². The van der Waals surface area contributed by atoms with E-state index in [9.17, 15) is 5.11 Å². The van der Waals surface area contributed by atoms with Crippen LogP contribution in [0.3, 0.4) is 0 Å². The summed E-state index contributed by atoms with van der Waals surface area (Å²) in [4.78, 5) is 0. The molecule has 0 bridgehead atoms. The topological polar surface area (TPSA) is 40.5 Å². The summed E-state index contributed by atoms with van der Waals surface area (Å²) >= 11 is 0. The summed E-state index contributed by atoms with van der Waals surface area (Å²) in [6.45, 7) is 5.59. The molecular formula is C19H24O2. The van der Waals surface area contributed by atoms with Gasteiger partial charge in [0.15, 0.2) is 0 Å². The maximum Gasteiger partial charge on any atom is 0.134 e. The highest BCUT2D eigenvalue weighted by atomic mass is 16.3. The highest BCUT2D eigenvalue weighted by molar-refractivity contribution is 5.37. The van der Waals surface area contributed by atoms with Crippen molar-refractivity contribution in [2.75, 3.05) is 0 Å². The van der Waals surface area contributed by atoms with Gasteiger partial charge in [-0.25, -0.2) is 0 Å². The van der Waals surface area contributed by atoms with Gasteiger partial charge in [-0.2, -0.15) is 0 Å². The van der Waals surface area contributed by atoms with Gasteiger partial charge in [-0.15, -0.1) is 0 Å². The highest BCUT2D eigenvalue weighted by Crippen LogP contribution is 2.05. The van der Waals surface area contributed by atoms with E-state index in [4.69, 9.17) is 5.11 Å². The Bertz CT molecular complexity index is 483. The van der Waals surface area contributed by atoms with Crippen molar-refractivity contribution in [1.82, 2.24) is 0 Å². The number of rotatable bonds is 8. The Morgan fingerprint density at radius 2 is 1.52 bits per heavy atom. The van der Waals surface area contributed by atoms with Gasteiger partial charge in [-0.1, -0.05) is 63.2 Å². The van der Waals surface area contributed by atoms with Crippen LogP contribution in [-0.4, -0.2) is 22.4 Å². The first-order valence-corrected chi connectivity index (χ1v) is 7.37. The zero-order chi connectivity index (χ0) is 15.8. The third-order valence-corrected chi connectivity index (χ3v) is 2.64. The molecule has 0 radical (unpaired) electrons. The minimum absolute atomic E-state index is 0.790. The number of hydrogen-bond donors (Lipinski definition) is 2. The SMILES string of the molecule is C=C[C@@H](O)C#CC#CC#C[C@@H](O)/C=C/CCCCCCC. The van der Waals surface area contributed by atoms with Crippen molar-refractivity contribution in [3.63, 3.8) is 0 Å². The lowest BCUT2D eigenvalue weighted by molar-refractivity contribution is 0.280. The number of unbranched alkanes of at least 4 members (excludes halogenated alkanes) is 5. The molecule has 0 heterocycles. The Kier molecular flexibility index (Phi) is 13.2. The summed E-state index contributed by atoms with van der Waals surface area (Å²) in [6, 6.07) is 0. The fourth-order valence-electron chi connectivity index (χ4n) is 1.48. The molecular weight excluding hydrogens is 260 g/mol. The predicted octanol–water partition coefficient (Wildman–Crippen LogP) is 2.82. The summed E-state index contributed by atoms with van der Waals surface area (Å²) in [5.74, 6) is 15.0. The van der Waals surface area contributed by atoms with Gasteiger partial charge in [-0.3, -0.25) is 0 Å². The first kappa shape index (κ1) is 19.1. The van der Waals surface area contributed by atoms with E-state index in [2.05, 4.69) is 49.0 Å². The second-order valence-electron chi connectivity index (χ2n) is 4.55. The van der Waals surface area contributed by atoms with E-state index in [1.54, 1.807) is 6.08 Å². The van der Waals surface area contributed by atoms with Gasteiger partial charge in [0.25, 0.3) is 0 Å². The van der Waals surface area contributed by atoms with Crippen LogP contribution >= 0.6 is 0 Å². The van der Waals surface area contributed by atoms with Crippen molar-refractivity contribution < 1.29 is 10.2 Å². The molecule has 112 valence electrons. The molecule has 0 aromatic heterocycles. The van der Waals surface area contributed by atoms with Gasteiger partial charge in [0.05, 0.1) is 0 Å². The van der Waals surface area contributed by atoms with Crippen molar-refractivity contribution in [2.24, 2.45) is 0 Å². The van der Waals surface area contributed by atoms with Crippen LogP contribution in [0.25, 0.3) is 0 Å². The summed E-state index contributed by atoms with van der Waals surface area (Å²) in [7, 11) is 0. The predicted molar refractivity (Wildman–Crippen MR) is 88.1 cm³/mol. The minimum atomic E-state index is -0.863. The fourth-order valence-corrected chi connectivity index (χ4v) is 1.48. The molecule has 0 saturated carbocycles. The standard InChI is InChI=1S/C19H24O2/c1-3-5-6-7-8-9-13-16-19(21)17-14-11-10-12-15-18(20)4-2/h4,13,16,18-21H,2-3,5-9H2,1H3/b16-13+/t18-,19+/m1/s1. The van der Waals surface area contributed by atoms with Crippen LogP contribution in [0, 0.1) is 35.5 Å². The van der Waals surface area contributed by atoms with E-state index >= 15 is 0 Å². The molecule has 2 N–H and O–H groups in total. The van der Waals surface area contributed by atoms with Crippen molar-refractivity contribution in [2.45, 2.75) is 57.7 Å². The Labute approximate surface area is 129 Å². The second kappa shape index (κ2) is 14.5. The maximum absolute atomic E-state index is 9.56. The number of allylic oxidation sites excluding steroid dienone is 1. The first-order chi connectivity index (χ1) is 10.2. The smallest absolute Gasteiger partial charge is 0.134 e. The Morgan fingerprint density at radius 3 is 2.14 bits per heavy atom. The summed E-state index contributed by atoms with van der Waals surface area (Å²) in [6.07, 6.45) is 10.5. The van der Waals surface area contributed by atoms with E-state index < -0.39 is 12.2 Å². The molecule has 0 rings (SSSR count). The van der Waals surface area contributed by atoms with Crippen LogP contribution in [0.5, 0.6) is 0 Å². The average molecular weight is 284 g/mol. The van der Waals surface area contributed by atoms with Gasteiger partial charge in [0.1, 0.15) is 12.2 Å². The van der Waals surface area contributed by atoms with Crippen molar-refractivity contribution in [1.29, 1.82) is 0 Å². The monoisotopic (exact) mass is 284 g/mol. The fraction of sp³-hybridized carbons (Fsp3) is 0.474. The quantitative estimate of drug-likeness (QED) is 0.409. The lowest BCUT2D eigenvalue weighted by Crippen LogP contribution is -1.96. The van der Waals surface area contributed by atoms with Crippen LogP contribution in [0.1, 0.15) is 45.4 Å². The van der Waals surface area contributed by atoms with E-state index in [1.165, 1.54) is 31.8 Å². The van der Waals surface area contributed by atoms with Gasteiger partial charge >= 0.3 is 0 Å². The van der Waals surface area contributed by atoms with Crippen molar-refractivity contribution >= 4 is 0 Å². The van der Waals surface area contributed by atoms with Crippen LogP contribution in [0.4, 0.5) is 0 Å². The lowest BCUT2D eigenvalue weighted by atomic mass is 10.1. The first-order valence-electron chi connectivity index (χ1n) is 7.37. The van der Waals surface area contributed by atoms with Crippen LogP contribution in [-0.2, 0) is 0 Å². The summed E-state index contributed by atoms with van der Waals surface area (Å²) in [5, 5.41) is 18.6. The minimum Gasteiger partial charge on any atom is -0.377 e. The Hall–Kier alpha value is -1.92. The molecule has 0 amide bonds. The molecule has 0 aromatic rings. The van der Waals surface area contributed by atoms with Gasteiger partial charge < -0.3 is 10.2 Å². The molecule has 0 unspecified atom stereocenters. The molecule has 0 aliphatic heterocycles. The van der Waals surface area contributed by atoms with E-state index in [0.717, 1.165) is 12.8 Å². The largest absolute Gasteiger partial charge is 0.377 e. The zero-order valence-electron chi connectivity index (χ0n) is 12.7. The van der Waals surface area contributed by atoms with Crippen LogP contribution < -0.4 is 0 Å². The number of aliphatic hydroxyl groups is 2. The molecule has 21 heavy (non-hydrogen) atoms. The highest BCUT2D eigenvalue weighted by Gasteiger charge is 1.90. The molecule has 2 atom stereocenters. The Morgan fingerprint density at radius 1 is 0.905 bits per heavy atom. The summed E-state index contributed by atoms with van der Waals surface area (Å²) in [5.41, 5.74) is 0. The van der Waals surface area contributed by atoms with Crippen molar-refractivity contribution in [3.05, 3.63) is 24.8 Å². The number of hydrogen-bond acceptors (Lipinski definition) is 2. The summed E-state index contributed by atoms with van der Waals surface area (Å²) < 4.78 is 0. The van der Waals surface area contributed by atoms with Gasteiger partial charge in [0, 0.05) is 0 Å². The van der Waals surface area contributed by atoms with E-state index in [1.807, 2.05) is 6.08 Å². The molecule has 0 fully saturated rings. The number of aliphatic hydroxyl groups excluding tert-OH is 2. The van der Waals surface area contributed by atoms with E-state index in [-0.39, 0.29) is 0 Å². The third kappa shape index (κ3) is 14.3. The molecule has 2 nitrogen and oxygen atoms in total. The van der Waals surface area contributed by atoms with E-state index in [0.29, 0.717) is 0 Å². The maximum atomic E-state index is 9.56. The molecule has 0 spiro atoms. The van der Waals surface area contributed by atoms with Gasteiger partial charge in [0.2, 0.25) is 0 Å². The molecule has 0 aliphatic carbocycles. The molecule has 0 aromatic carbocycles. The second-order valence-corrected chi connectivity index (χ2v) is 4.55. The Balaban J connectivity index is 3.90. The average Bonchev–Trinajstić information content (AvgIpc) is 2.49. The van der Waals surface area contributed by atoms with Gasteiger partial charge in [-0.05, 0) is 42.6 Å². The lowest BCUT2D eigenvalue weighted by Gasteiger charge is -1.96. The molecule has 0 saturated heterocycles.